The number of esters is 1. The lowest BCUT2D eigenvalue weighted by molar-refractivity contribution is -0.148. The molecule has 1 rings (SSSR count). The molecule has 6 nitrogen and oxygen atoms in total. The standard InChI is InChI=1S/C17H25NO5/c1-5-12(2)18-16(19)11-23-17(20)9-7-13-6-8-14(21-3)15(10-13)22-4/h6,8,10,12H,5,7,9,11H2,1-4H3,(H,18,19)/t12-/m1/s1. The predicted molar refractivity (Wildman–Crippen MR) is 86.7 cm³/mol. The zero-order valence-electron chi connectivity index (χ0n) is 14.2. The summed E-state index contributed by atoms with van der Waals surface area (Å²) in [7, 11) is 3.13. The molecule has 0 saturated carbocycles. The van der Waals surface area contributed by atoms with Gasteiger partial charge in [-0.2, -0.15) is 0 Å². The summed E-state index contributed by atoms with van der Waals surface area (Å²) >= 11 is 0. The van der Waals surface area contributed by atoms with E-state index in [-0.39, 0.29) is 25.0 Å². The van der Waals surface area contributed by atoms with Crippen LogP contribution < -0.4 is 14.8 Å². The molecule has 1 aromatic rings. The largest absolute Gasteiger partial charge is 0.493 e. The number of carbonyl (C=O) groups is 2. The van der Waals surface area contributed by atoms with E-state index in [2.05, 4.69) is 5.32 Å². The zero-order valence-corrected chi connectivity index (χ0v) is 14.2. The topological polar surface area (TPSA) is 73.9 Å². The van der Waals surface area contributed by atoms with Gasteiger partial charge in [0, 0.05) is 12.5 Å². The molecule has 0 aliphatic carbocycles. The third kappa shape index (κ3) is 6.59. The number of aryl methyl sites for hydroxylation is 1. The maximum atomic E-state index is 11.7. The monoisotopic (exact) mass is 323 g/mol. The maximum Gasteiger partial charge on any atom is 0.306 e. The predicted octanol–water partition coefficient (Wildman–Crippen LogP) is 2.09. The smallest absolute Gasteiger partial charge is 0.306 e. The number of amides is 1. The summed E-state index contributed by atoms with van der Waals surface area (Å²) in [4.78, 5) is 23.2. The number of rotatable bonds is 9. The Balaban J connectivity index is 2.40. The van der Waals surface area contributed by atoms with E-state index in [1.807, 2.05) is 26.0 Å². The van der Waals surface area contributed by atoms with Crippen molar-refractivity contribution < 1.29 is 23.8 Å². The number of ether oxygens (including phenoxy) is 3. The van der Waals surface area contributed by atoms with Crippen molar-refractivity contribution in [3.05, 3.63) is 23.8 Å². The van der Waals surface area contributed by atoms with Crippen LogP contribution in [0.25, 0.3) is 0 Å². The van der Waals surface area contributed by atoms with E-state index in [0.29, 0.717) is 17.9 Å². The first kappa shape index (κ1) is 18.8. The van der Waals surface area contributed by atoms with Gasteiger partial charge in [0.05, 0.1) is 14.2 Å². The van der Waals surface area contributed by atoms with Gasteiger partial charge in [-0.25, -0.2) is 0 Å². The van der Waals surface area contributed by atoms with Crippen molar-refractivity contribution in [2.24, 2.45) is 0 Å². The van der Waals surface area contributed by atoms with E-state index in [0.717, 1.165) is 12.0 Å². The second-order valence-electron chi connectivity index (χ2n) is 5.23. The highest BCUT2D eigenvalue weighted by atomic mass is 16.5. The Morgan fingerprint density at radius 3 is 2.48 bits per heavy atom. The molecule has 0 aliphatic rings. The van der Waals surface area contributed by atoms with Gasteiger partial charge in [0.2, 0.25) is 0 Å². The second kappa shape index (κ2) is 9.71. The van der Waals surface area contributed by atoms with Gasteiger partial charge in [-0.1, -0.05) is 13.0 Å². The Morgan fingerprint density at radius 1 is 1.17 bits per heavy atom. The summed E-state index contributed by atoms with van der Waals surface area (Å²) in [5, 5.41) is 2.74. The Bertz CT molecular complexity index is 530. The van der Waals surface area contributed by atoms with Gasteiger partial charge in [-0.15, -0.1) is 0 Å². The molecule has 1 atom stereocenters. The molecule has 1 amide bonds. The third-order valence-electron chi connectivity index (χ3n) is 3.45. The first-order valence-corrected chi connectivity index (χ1v) is 7.66. The van der Waals surface area contributed by atoms with Crippen LogP contribution in [0.3, 0.4) is 0 Å². The molecule has 0 unspecified atom stereocenters. The molecule has 0 fully saturated rings. The molecule has 0 aliphatic heterocycles. The minimum absolute atomic E-state index is 0.0768. The quantitative estimate of drug-likeness (QED) is 0.705. The minimum atomic E-state index is -0.404. The second-order valence-corrected chi connectivity index (χ2v) is 5.23. The molecule has 0 radical (unpaired) electrons. The maximum absolute atomic E-state index is 11.7. The lowest BCUT2D eigenvalue weighted by Crippen LogP contribution is -2.35. The van der Waals surface area contributed by atoms with Gasteiger partial charge in [0.15, 0.2) is 18.1 Å². The van der Waals surface area contributed by atoms with E-state index in [1.165, 1.54) is 0 Å². The van der Waals surface area contributed by atoms with E-state index >= 15 is 0 Å². The molecule has 23 heavy (non-hydrogen) atoms. The molecule has 0 bridgehead atoms. The Hall–Kier alpha value is -2.24. The summed E-state index contributed by atoms with van der Waals surface area (Å²) in [6.07, 6.45) is 1.54. The fourth-order valence-corrected chi connectivity index (χ4v) is 1.92. The number of nitrogens with one attached hydrogen (secondary N) is 1. The molecule has 0 saturated heterocycles. The Morgan fingerprint density at radius 2 is 1.87 bits per heavy atom. The van der Waals surface area contributed by atoms with Crippen molar-refractivity contribution in [2.75, 3.05) is 20.8 Å². The van der Waals surface area contributed by atoms with Crippen molar-refractivity contribution in [2.45, 2.75) is 39.2 Å². The highest BCUT2D eigenvalue weighted by Crippen LogP contribution is 2.27. The first-order chi connectivity index (χ1) is 11.0. The van der Waals surface area contributed by atoms with E-state index in [4.69, 9.17) is 14.2 Å². The molecule has 0 heterocycles. The molecule has 6 heteroatoms. The zero-order chi connectivity index (χ0) is 17.2. The molecule has 128 valence electrons. The van der Waals surface area contributed by atoms with Crippen molar-refractivity contribution in [3.63, 3.8) is 0 Å². The molecular weight excluding hydrogens is 298 g/mol. The Kier molecular flexibility index (Phi) is 7.94. The van der Waals surface area contributed by atoms with Crippen LogP contribution in [-0.4, -0.2) is 38.7 Å². The normalized spacial score (nSPS) is 11.5. The van der Waals surface area contributed by atoms with Crippen LogP contribution in [0.5, 0.6) is 11.5 Å². The van der Waals surface area contributed by atoms with Crippen LogP contribution in [-0.2, 0) is 20.7 Å². The lowest BCUT2D eigenvalue weighted by atomic mass is 10.1. The van der Waals surface area contributed by atoms with Crippen LogP contribution in [0.15, 0.2) is 18.2 Å². The van der Waals surface area contributed by atoms with Crippen LogP contribution in [0.4, 0.5) is 0 Å². The van der Waals surface area contributed by atoms with Crippen molar-refractivity contribution >= 4 is 11.9 Å². The third-order valence-corrected chi connectivity index (χ3v) is 3.45. The average Bonchev–Trinajstić information content (AvgIpc) is 2.57. The number of benzene rings is 1. The van der Waals surface area contributed by atoms with Crippen LogP contribution >= 0.6 is 0 Å². The molecular formula is C17H25NO5. The van der Waals surface area contributed by atoms with Crippen molar-refractivity contribution in [1.82, 2.24) is 5.32 Å². The number of hydrogen-bond acceptors (Lipinski definition) is 5. The van der Waals surface area contributed by atoms with Gasteiger partial charge in [-0.05, 0) is 37.5 Å². The number of carbonyl (C=O) groups excluding carboxylic acids is 2. The molecule has 1 aromatic carbocycles. The summed E-state index contributed by atoms with van der Waals surface area (Å²) in [6, 6.07) is 5.55. The fourth-order valence-electron chi connectivity index (χ4n) is 1.92. The van der Waals surface area contributed by atoms with Crippen molar-refractivity contribution in [3.8, 4) is 11.5 Å². The number of hydrogen-bond donors (Lipinski definition) is 1. The van der Waals surface area contributed by atoms with Crippen LogP contribution in [0.2, 0.25) is 0 Å². The SMILES string of the molecule is CC[C@@H](C)NC(=O)COC(=O)CCc1ccc(OC)c(OC)c1. The summed E-state index contributed by atoms with van der Waals surface area (Å²) in [5.41, 5.74) is 0.934. The minimum Gasteiger partial charge on any atom is -0.493 e. The van der Waals surface area contributed by atoms with E-state index in [1.54, 1.807) is 20.3 Å². The van der Waals surface area contributed by atoms with E-state index in [9.17, 15) is 9.59 Å². The van der Waals surface area contributed by atoms with E-state index < -0.39 is 5.97 Å². The molecule has 0 aromatic heterocycles. The first-order valence-electron chi connectivity index (χ1n) is 7.66. The van der Waals surface area contributed by atoms with Gasteiger partial charge in [0.25, 0.3) is 5.91 Å². The fraction of sp³-hybridized carbons (Fsp3) is 0.529. The van der Waals surface area contributed by atoms with Gasteiger partial charge in [0.1, 0.15) is 0 Å². The highest BCUT2D eigenvalue weighted by molar-refractivity contribution is 5.80. The van der Waals surface area contributed by atoms with Gasteiger partial charge in [-0.3, -0.25) is 9.59 Å². The summed E-state index contributed by atoms with van der Waals surface area (Å²) in [5.74, 6) is 0.574. The summed E-state index contributed by atoms with van der Waals surface area (Å²) < 4.78 is 15.3. The van der Waals surface area contributed by atoms with Crippen molar-refractivity contribution in [1.29, 1.82) is 0 Å². The number of methoxy groups -OCH3 is 2. The average molecular weight is 323 g/mol. The highest BCUT2D eigenvalue weighted by Gasteiger charge is 2.11. The molecule has 0 spiro atoms. The van der Waals surface area contributed by atoms with Gasteiger partial charge < -0.3 is 19.5 Å². The van der Waals surface area contributed by atoms with Gasteiger partial charge >= 0.3 is 5.97 Å². The lowest BCUT2D eigenvalue weighted by Gasteiger charge is -2.11. The summed E-state index contributed by atoms with van der Waals surface area (Å²) in [6.45, 7) is 3.63. The molecule has 1 N–H and O–H groups in total. The van der Waals surface area contributed by atoms with Crippen LogP contribution in [0, 0.1) is 0 Å². The van der Waals surface area contributed by atoms with Crippen LogP contribution in [0.1, 0.15) is 32.3 Å². The Labute approximate surface area is 137 Å².